The number of aliphatic carboxylic acids is 3. The van der Waals surface area contributed by atoms with Gasteiger partial charge in [-0.25, -0.2) is 9.18 Å². The number of aliphatic hydroxyl groups is 1. The molecule has 1 heterocycles. The number of rotatable bonds is 10. The highest BCUT2D eigenvalue weighted by Gasteiger charge is 2.40. The average molecular weight is 595 g/mol. The molecule has 0 aliphatic rings. The van der Waals surface area contributed by atoms with Crippen LogP contribution in [0.1, 0.15) is 28.8 Å². The van der Waals surface area contributed by atoms with Crippen LogP contribution in [-0.4, -0.2) is 54.7 Å². The van der Waals surface area contributed by atoms with E-state index in [4.69, 9.17) is 32.0 Å². The van der Waals surface area contributed by atoms with Crippen molar-refractivity contribution in [2.45, 2.75) is 18.4 Å². The number of pyridine rings is 1. The number of anilines is 2. The van der Waals surface area contributed by atoms with E-state index in [1.165, 1.54) is 18.2 Å². The molecule has 4 aromatic rings. The van der Waals surface area contributed by atoms with Gasteiger partial charge in [-0.05, 0) is 72.3 Å². The second-order valence-electron chi connectivity index (χ2n) is 8.95. The fourth-order valence-electron chi connectivity index (χ4n) is 3.66. The zero-order chi connectivity index (χ0) is 30.9. The summed E-state index contributed by atoms with van der Waals surface area (Å²) in [5, 5.41) is 38.8. The second kappa shape index (κ2) is 14.0. The molecule has 4 rings (SSSR count). The first-order chi connectivity index (χ1) is 19.9. The summed E-state index contributed by atoms with van der Waals surface area (Å²) < 4.78 is 12.9. The first kappa shape index (κ1) is 31.4. The van der Waals surface area contributed by atoms with Gasteiger partial charge in [0.1, 0.15) is 5.82 Å². The number of halogens is 2. The Morgan fingerprint density at radius 1 is 0.881 bits per heavy atom. The number of hydrogen-bond donors (Lipinski definition) is 5. The van der Waals surface area contributed by atoms with Crippen molar-refractivity contribution in [1.29, 1.82) is 0 Å². The second-order valence-corrected chi connectivity index (χ2v) is 9.39. The van der Waals surface area contributed by atoms with Gasteiger partial charge in [-0.3, -0.25) is 19.4 Å². The van der Waals surface area contributed by atoms with Gasteiger partial charge in [0.25, 0.3) is 0 Å². The van der Waals surface area contributed by atoms with Crippen LogP contribution in [0.5, 0.6) is 0 Å². The highest BCUT2D eigenvalue weighted by Crippen LogP contribution is 2.27. The molecule has 42 heavy (non-hydrogen) atoms. The van der Waals surface area contributed by atoms with Gasteiger partial charge >= 0.3 is 17.9 Å². The number of carboxylic acid groups (broad SMARTS) is 3. The van der Waals surface area contributed by atoms with E-state index < -0.39 is 36.4 Å². The van der Waals surface area contributed by atoms with E-state index in [-0.39, 0.29) is 11.6 Å². The highest BCUT2D eigenvalue weighted by molar-refractivity contribution is 6.31. The predicted octanol–water partition coefficient (Wildman–Crippen LogP) is 5.42. The van der Waals surface area contributed by atoms with Gasteiger partial charge in [0, 0.05) is 33.5 Å². The molecule has 0 atom stereocenters. The zero-order valence-corrected chi connectivity index (χ0v) is 22.5. The fourth-order valence-corrected chi connectivity index (χ4v) is 3.83. The minimum atomic E-state index is -2.74. The molecule has 0 saturated heterocycles. The van der Waals surface area contributed by atoms with Crippen molar-refractivity contribution in [1.82, 2.24) is 4.98 Å². The molecule has 0 amide bonds. The summed E-state index contributed by atoms with van der Waals surface area (Å²) in [4.78, 5) is 47.2. The number of fused-ring (bicyclic) bond motifs is 1. The largest absolute Gasteiger partial charge is 0.481 e. The van der Waals surface area contributed by atoms with Crippen molar-refractivity contribution in [3.8, 4) is 0 Å². The lowest BCUT2D eigenvalue weighted by Gasteiger charge is -2.18. The number of carbonyl (C=O) groups is 4. The summed E-state index contributed by atoms with van der Waals surface area (Å²) in [6, 6.07) is 20.6. The number of carbonyl (C=O) groups excluding carboxylic acids is 1. The normalized spacial score (nSPS) is 11.0. The van der Waals surface area contributed by atoms with E-state index in [2.05, 4.69) is 10.3 Å². The van der Waals surface area contributed by atoms with Crippen LogP contribution in [0.2, 0.25) is 5.02 Å². The van der Waals surface area contributed by atoms with Crippen molar-refractivity contribution >= 4 is 63.6 Å². The molecule has 1 aromatic heterocycles. The third-order valence-electron chi connectivity index (χ3n) is 5.74. The minimum absolute atomic E-state index is 0.120. The maximum atomic E-state index is 12.9. The quantitative estimate of drug-likeness (QED) is 0.118. The van der Waals surface area contributed by atoms with Crippen molar-refractivity contribution in [3.63, 3.8) is 0 Å². The number of benzene rings is 3. The van der Waals surface area contributed by atoms with Gasteiger partial charge in [-0.15, -0.1) is 0 Å². The minimum Gasteiger partial charge on any atom is -0.481 e. The maximum absolute atomic E-state index is 12.9. The molecule has 216 valence electrons. The molecule has 0 radical (unpaired) electrons. The number of nitrogens with zero attached hydrogens (tertiary/aromatic N) is 1. The lowest BCUT2D eigenvalue weighted by molar-refractivity contribution is -0.170. The molecule has 0 bridgehead atoms. The summed E-state index contributed by atoms with van der Waals surface area (Å²) in [7, 11) is 0. The topological polar surface area (TPSA) is 174 Å². The summed E-state index contributed by atoms with van der Waals surface area (Å²) >= 11 is 6.04. The van der Waals surface area contributed by atoms with Crippen LogP contribution in [0.4, 0.5) is 15.8 Å². The van der Waals surface area contributed by atoms with Crippen molar-refractivity contribution in [2.24, 2.45) is 0 Å². The molecule has 0 saturated carbocycles. The first-order valence-corrected chi connectivity index (χ1v) is 12.5. The van der Waals surface area contributed by atoms with E-state index in [1.807, 2.05) is 36.4 Å². The molecule has 3 aromatic carbocycles. The molecule has 12 heteroatoms. The maximum Gasteiger partial charge on any atom is 0.336 e. The molecule has 10 nitrogen and oxygen atoms in total. The zero-order valence-electron chi connectivity index (χ0n) is 21.7. The van der Waals surface area contributed by atoms with Crippen LogP contribution in [0, 0.1) is 5.82 Å². The Morgan fingerprint density at radius 3 is 2.07 bits per heavy atom. The standard InChI is InChI=1S/C24H16ClFN2O.C6H8O7/c25-18-6-11-21-22(13-14-27-23(21)15-18)28-20-9-4-17(5-10-20)24(29)12-3-16-1-7-19(26)8-2-16;7-3(8)1-6(13,5(11)12)2-4(9)10/h1-15H,(H,27,28);13H,1-2H2,(H,7,8)(H,9,10)(H,11,12)/b12-3+;. The van der Waals surface area contributed by atoms with Crippen LogP contribution in [0.15, 0.2) is 85.1 Å². The summed E-state index contributed by atoms with van der Waals surface area (Å²) in [6.45, 7) is 0. The molecular formula is C30H24ClFN2O8. The van der Waals surface area contributed by atoms with Gasteiger partial charge in [-0.2, -0.15) is 0 Å². The Balaban J connectivity index is 0.000000316. The van der Waals surface area contributed by atoms with E-state index in [1.54, 1.807) is 36.5 Å². The number of aromatic nitrogens is 1. The van der Waals surface area contributed by atoms with Gasteiger partial charge in [-0.1, -0.05) is 29.8 Å². The monoisotopic (exact) mass is 594 g/mol. The predicted molar refractivity (Wildman–Crippen MR) is 153 cm³/mol. The van der Waals surface area contributed by atoms with Crippen LogP contribution in [0.3, 0.4) is 0 Å². The molecule has 0 aliphatic carbocycles. The summed E-state index contributed by atoms with van der Waals surface area (Å²) in [5.41, 5.74) is 1.16. The summed E-state index contributed by atoms with van der Waals surface area (Å²) in [6.07, 6.45) is 2.58. The third kappa shape index (κ3) is 8.95. The average Bonchev–Trinajstić information content (AvgIpc) is 2.92. The SMILES string of the molecule is O=C(/C=C/c1ccc(F)cc1)c1ccc(Nc2ccnc3cc(Cl)ccc23)cc1.O=C(O)CC(O)(CC(=O)O)C(=O)O. The number of ketones is 1. The number of carboxylic acids is 3. The number of nitrogens with one attached hydrogen (secondary N) is 1. The van der Waals surface area contributed by atoms with Crippen molar-refractivity contribution in [2.75, 3.05) is 5.32 Å². The van der Waals surface area contributed by atoms with Crippen molar-refractivity contribution in [3.05, 3.63) is 107 Å². The highest BCUT2D eigenvalue weighted by atomic mass is 35.5. The lowest BCUT2D eigenvalue weighted by atomic mass is 9.96. The van der Waals surface area contributed by atoms with Gasteiger partial charge in [0.2, 0.25) is 0 Å². The lowest BCUT2D eigenvalue weighted by Crippen LogP contribution is -2.42. The third-order valence-corrected chi connectivity index (χ3v) is 5.97. The van der Waals surface area contributed by atoms with Gasteiger partial charge < -0.3 is 25.7 Å². The molecule has 5 N–H and O–H groups in total. The molecule has 0 spiro atoms. The van der Waals surface area contributed by atoms with Crippen LogP contribution >= 0.6 is 11.6 Å². The van der Waals surface area contributed by atoms with Gasteiger partial charge in [0.15, 0.2) is 11.4 Å². The Morgan fingerprint density at radius 2 is 1.50 bits per heavy atom. The Kier molecular flexibility index (Phi) is 10.4. The van der Waals surface area contributed by atoms with Crippen LogP contribution in [-0.2, 0) is 14.4 Å². The van der Waals surface area contributed by atoms with E-state index in [0.29, 0.717) is 10.6 Å². The Bertz CT molecular complexity index is 1620. The molecule has 0 fully saturated rings. The number of allylic oxidation sites excluding steroid dienone is 1. The Hall–Kier alpha value is -5.13. The van der Waals surface area contributed by atoms with Crippen LogP contribution in [0.25, 0.3) is 17.0 Å². The fraction of sp³-hybridized carbons (Fsp3) is 0.100. The van der Waals surface area contributed by atoms with Crippen LogP contribution < -0.4 is 5.32 Å². The smallest absolute Gasteiger partial charge is 0.336 e. The number of hydrogen-bond acceptors (Lipinski definition) is 7. The Labute approximate surface area is 243 Å². The first-order valence-electron chi connectivity index (χ1n) is 12.1. The molecular weight excluding hydrogens is 571 g/mol. The van der Waals surface area contributed by atoms with E-state index >= 15 is 0 Å². The molecule has 0 unspecified atom stereocenters. The summed E-state index contributed by atoms with van der Waals surface area (Å²) in [5.74, 6) is -5.44. The van der Waals surface area contributed by atoms with Gasteiger partial charge in [0.05, 0.1) is 18.4 Å². The van der Waals surface area contributed by atoms with E-state index in [9.17, 15) is 23.6 Å². The van der Waals surface area contributed by atoms with E-state index in [0.717, 1.165) is 27.8 Å². The molecule has 0 aliphatic heterocycles. The van der Waals surface area contributed by atoms with Crippen molar-refractivity contribution < 1.29 is 44.0 Å².